The predicted octanol–water partition coefficient (Wildman–Crippen LogP) is -0.580. The minimum atomic E-state index is -0.673. The van der Waals surface area contributed by atoms with Crippen molar-refractivity contribution in [2.75, 3.05) is 26.7 Å². The van der Waals surface area contributed by atoms with E-state index in [2.05, 4.69) is 0 Å². The average Bonchev–Trinajstić information content (AvgIpc) is 2.59. The van der Waals surface area contributed by atoms with Gasteiger partial charge in [0.05, 0.1) is 12.6 Å². The lowest BCUT2D eigenvalue weighted by Crippen LogP contribution is -2.46. The molecular weight excluding hydrogens is 212 g/mol. The number of carbonyl (C=O) groups is 2. The molecule has 2 aliphatic rings. The van der Waals surface area contributed by atoms with Gasteiger partial charge >= 0.3 is 6.09 Å². The molecule has 2 aliphatic heterocycles. The second kappa shape index (κ2) is 4.29. The van der Waals surface area contributed by atoms with Gasteiger partial charge in [0, 0.05) is 20.1 Å². The molecule has 2 amide bonds. The molecule has 2 fully saturated rings. The van der Waals surface area contributed by atoms with Gasteiger partial charge in [0.15, 0.2) is 6.10 Å². The van der Waals surface area contributed by atoms with Crippen molar-refractivity contribution in [3.05, 3.63) is 0 Å². The summed E-state index contributed by atoms with van der Waals surface area (Å²) in [4.78, 5) is 26.1. The second-order valence-corrected chi connectivity index (χ2v) is 4.31. The smallest absolute Gasteiger partial charge is 0.410 e. The first-order chi connectivity index (χ1) is 7.58. The highest BCUT2D eigenvalue weighted by atomic mass is 16.6. The van der Waals surface area contributed by atoms with Crippen LogP contribution in [-0.2, 0) is 9.53 Å². The molecule has 2 rings (SSSR count). The summed E-state index contributed by atoms with van der Waals surface area (Å²) in [7, 11) is 1.61. The van der Waals surface area contributed by atoms with Crippen LogP contribution in [0.4, 0.5) is 4.79 Å². The first-order valence-corrected chi connectivity index (χ1v) is 5.46. The number of likely N-dealkylation sites (N-methyl/N-ethyl adjacent to an activating group) is 1. The van der Waals surface area contributed by atoms with E-state index >= 15 is 0 Å². The van der Waals surface area contributed by atoms with Crippen molar-refractivity contribution in [3.8, 4) is 0 Å². The summed E-state index contributed by atoms with van der Waals surface area (Å²) >= 11 is 0. The molecular formula is C10H16N2O4. The molecule has 0 aromatic carbocycles. The van der Waals surface area contributed by atoms with Crippen LogP contribution in [0.3, 0.4) is 0 Å². The number of hydrogen-bond acceptors (Lipinski definition) is 4. The summed E-state index contributed by atoms with van der Waals surface area (Å²) in [5.41, 5.74) is 0. The lowest BCUT2D eigenvalue weighted by Gasteiger charge is -2.30. The molecule has 0 bridgehead atoms. The van der Waals surface area contributed by atoms with Crippen LogP contribution in [-0.4, -0.2) is 65.8 Å². The van der Waals surface area contributed by atoms with Gasteiger partial charge in [-0.2, -0.15) is 0 Å². The minimum absolute atomic E-state index is 0.149. The van der Waals surface area contributed by atoms with Gasteiger partial charge in [0.25, 0.3) is 5.91 Å². The first kappa shape index (κ1) is 11.2. The van der Waals surface area contributed by atoms with Crippen molar-refractivity contribution in [2.45, 2.75) is 25.0 Å². The van der Waals surface area contributed by atoms with E-state index in [-0.39, 0.29) is 12.0 Å². The molecule has 0 spiro atoms. The number of cyclic esters (lactones) is 1. The molecule has 1 N–H and O–H groups in total. The molecule has 0 aromatic heterocycles. The van der Waals surface area contributed by atoms with E-state index in [0.29, 0.717) is 32.5 Å². The number of piperidine rings is 1. The van der Waals surface area contributed by atoms with E-state index in [0.717, 1.165) is 0 Å². The highest BCUT2D eigenvalue weighted by Crippen LogP contribution is 2.16. The van der Waals surface area contributed by atoms with Crippen LogP contribution in [0.5, 0.6) is 0 Å². The third-order valence-corrected chi connectivity index (χ3v) is 3.05. The van der Waals surface area contributed by atoms with Crippen molar-refractivity contribution in [1.29, 1.82) is 0 Å². The van der Waals surface area contributed by atoms with Gasteiger partial charge in [-0.05, 0) is 12.8 Å². The van der Waals surface area contributed by atoms with Crippen molar-refractivity contribution >= 4 is 12.0 Å². The monoisotopic (exact) mass is 228 g/mol. The van der Waals surface area contributed by atoms with Gasteiger partial charge in [-0.25, -0.2) is 4.79 Å². The Morgan fingerprint density at radius 2 is 2.06 bits per heavy atom. The maximum Gasteiger partial charge on any atom is 0.410 e. The molecule has 16 heavy (non-hydrogen) atoms. The second-order valence-electron chi connectivity index (χ2n) is 4.31. The van der Waals surface area contributed by atoms with Gasteiger partial charge in [-0.15, -0.1) is 0 Å². The Morgan fingerprint density at radius 3 is 2.56 bits per heavy atom. The molecule has 1 unspecified atom stereocenters. The van der Waals surface area contributed by atoms with Gasteiger partial charge in [-0.3, -0.25) is 4.79 Å². The number of nitrogens with zero attached hydrogens (tertiary/aromatic N) is 2. The highest BCUT2D eigenvalue weighted by Gasteiger charge is 2.37. The average molecular weight is 228 g/mol. The largest absolute Gasteiger partial charge is 0.434 e. The Balaban J connectivity index is 1.91. The van der Waals surface area contributed by atoms with Gasteiger partial charge in [0.1, 0.15) is 0 Å². The van der Waals surface area contributed by atoms with Crippen molar-refractivity contribution in [1.82, 2.24) is 9.80 Å². The molecule has 1 atom stereocenters. The fourth-order valence-electron chi connectivity index (χ4n) is 1.99. The fraction of sp³-hybridized carbons (Fsp3) is 0.800. The predicted molar refractivity (Wildman–Crippen MR) is 54.7 cm³/mol. The van der Waals surface area contributed by atoms with Crippen LogP contribution in [0.25, 0.3) is 0 Å². The number of amides is 2. The van der Waals surface area contributed by atoms with Crippen LogP contribution in [0, 0.1) is 0 Å². The van der Waals surface area contributed by atoms with Crippen LogP contribution < -0.4 is 0 Å². The Bertz CT molecular complexity index is 299. The zero-order valence-corrected chi connectivity index (χ0v) is 9.26. The summed E-state index contributed by atoms with van der Waals surface area (Å²) in [6, 6.07) is 0. The molecule has 0 radical (unpaired) electrons. The number of aliphatic hydroxyl groups excluding tert-OH is 1. The molecule has 0 aromatic rings. The van der Waals surface area contributed by atoms with Crippen molar-refractivity contribution < 1.29 is 19.4 Å². The summed E-state index contributed by atoms with van der Waals surface area (Å²) in [6.45, 7) is 1.40. The highest BCUT2D eigenvalue weighted by molar-refractivity contribution is 5.86. The molecule has 2 heterocycles. The first-order valence-electron chi connectivity index (χ1n) is 5.46. The van der Waals surface area contributed by atoms with Crippen molar-refractivity contribution in [3.63, 3.8) is 0 Å². The standard InChI is InChI=1S/C10H16N2O4/c1-11-6-8(16-10(11)15)9(14)12-4-2-7(13)3-5-12/h7-8,13H,2-6H2,1H3. The molecule has 0 saturated carbocycles. The normalized spacial score (nSPS) is 27.1. The number of likely N-dealkylation sites (tertiary alicyclic amines) is 1. The van der Waals surface area contributed by atoms with Gasteiger partial charge in [0.2, 0.25) is 0 Å². The molecule has 90 valence electrons. The van der Waals surface area contributed by atoms with E-state index in [1.54, 1.807) is 11.9 Å². The molecule has 0 aliphatic carbocycles. The third kappa shape index (κ3) is 2.11. The Morgan fingerprint density at radius 1 is 1.44 bits per heavy atom. The molecule has 2 saturated heterocycles. The maximum atomic E-state index is 11.9. The van der Waals surface area contributed by atoms with E-state index in [4.69, 9.17) is 4.74 Å². The van der Waals surface area contributed by atoms with Crippen LogP contribution >= 0.6 is 0 Å². The molecule has 6 nitrogen and oxygen atoms in total. The Labute approximate surface area is 93.8 Å². The third-order valence-electron chi connectivity index (χ3n) is 3.05. The van der Waals surface area contributed by atoms with Gasteiger partial charge in [-0.1, -0.05) is 0 Å². The number of ether oxygens (including phenoxy) is 1. The SMILES string of the molecule is CN1CC(C(=O)N2CCC(O)CC2)OC1=O. The summed E-state index contributed by atoms with van der Waals surface area (Å²) in [5, 5.41) is 9.33. The number of aliphatic hydroxyl groups is 1. The van der Waals surface area contributed by atoms with Crippen molar-refractivity contribution in [2.24, 2.45) is 0 Å². The summed E-state index contributed by atoms with van der Waals surface area (Å²) < 4.78 is 4.95. The topological polar surface area (TPSA) is 70.1 Å². The van der Waals surface area contributed by atoms with E-state index < -0.39 is 12.2 Å². The van der Waals surface area contributed by atoms with Crippen LogP contribution in [0.1, 0.15) is 12.8 Å². The summed E-state index contributed by atoms with van der Waals surface area (Å²) in [5.74, 6) is -0.149. The zero-order valence-electron chi connectivity index (χ0n) is 9.26. The maximum absolute atomic E-state index is 11.9. The zero-order chi connectivity index (χ0) is 11.7. The van der Waals surface area contributed by atoms with E-state index in [9.17, 15) is 14.7 Å². The Hall–Kier alpha value is -1.30. The van der Waals surface area contributed by atoms with E-state index in [1.165, 1.54) is 4.90 Å². The lowest BCUT2D eigenvalue weighted by atomic mass is 10.1. The minimum Gasteiger partial charge on any atom is -0.434 e. The van der Waals surface area contributed by atoms with E-state index in [1.807, 2.05) is 0 Å². The fourth-order valence-corrected chi connectivity index (χ4v) is 1.99. The molecule has 6 heteroatoms. The number of hydrogen-bond donors (Lipinski definition) is 1. The van der Waals surface area contributed by atoms with Crippen LogP contribution in [0.15, 0.2) is 0 Å². The lowest BCUT2D eigenvalue weighted by molar-refractivity contribution is -0.140. The number of carbonyl (C=O) groups excluding carboxylic acids is 2. The van der Waals surface area contributed by atoms with Gasteiger partial charge < -0.3 is 19.6 Å². The Kier molecular flexibility index (Phi) is 3.00. The summed E-state index contributed by atoms with van der Waals surface area (Å²) in [6.07, 6.45) is -0.231. The van der Waals surface area contributed by atoms with Crippen LogP contribution in [0.2, 0.25) is 0 Å². The number of rotatable bonds is 1. The quantitative estimate of drug-likeness (QED) is 0.652.